The summed E-state index contributed by atoms with van der Waals surface area (Å²) < 4.78 is 0. The van der Waals surface area contributed by atoms with Gasteiger partial charge in [-0.25, -0.2) is 0 Å². The van der Waals surface area contributed by atoms with Crippen LogP contribution in [0.2, 0.25) is 5.02 Å². The highest BCUT2D eigenvalue weighted by Gasteiger charge is 2.06. The molecule has 2 amide bonds. The molecule has 0 spiro atoms. The number of anilines is 2. The van der Waals surface area contributed by atoms with Crippen molar-refractivity contribution in [3.63, 3.8) is 0 Å². The van der Waals surface area contributed by atoms with Crippen molar-refractivity contribution >= 4 is 34.8 Å². The van der Waals surface area contributed by atoms with Gasteiger partial charge in [0.1, 0.15) is 0 Å². The largest absolute Gasteiger partial charge is 0.326 e. The number of halogens is 1. The number of amides is 2. The topological polar surface area (TPSA) is 58.2 Å². The molecule has 0 unspecified atom stereocenters. The molecule has 2 N–H and O–H groups in total. The molecule has 5 heteroatoms. The van der Waals surface area contributed by atoms with Gasteiger partial charge in [-0.1, -0.05) is 36.7 Å². The van der Waals surface area contributed by atoms with Gasteiger partial charge < -0.3 is 10.6 Å². The second kappa shape index (κ2) is 8.34. The molecular formula is C18H19ClN2O2. The summed E-state index contributed by atoms with van der Waals surface area (Å²) in [6.07, 6.45) is 1.38. The number of carbonyl (C=O) groups excluding carboxylic acids is 2. The number of carbonyl (C=O) groups is 2. The van der Waals surface area contributed by atoms with Crippen LogP contribution in [0.1, 0.15) is 25.3 Å². The molecule has 0 bridgehead atoms. The van der Waals surface area contributed by atoms with Gasteiger partial charge in [0.25, 0.3) is 0 Å². The predicted molar refractivity (Wildman–Crippen MR) is 93.8 cm³/mol. The average Bonchev–Trinajstić information content (AvgIpc) is 2.56. The quantitative estimate of drug-likeness (QED) is 0.831. The lowest BCUT2D eigenvalue weighted by Crippen LogP contribution is -2.13. The summed E-state index contributed by atoms with van der Waals surface area (Å²) in [5, 5.41) is 6.27. The smallest absolute Gasteiger partial charge is 0.224 e. The Morgan fingerprint density at radius 3 is 2.04 bits per heavy atom. The summed E-state index contributed by atoms with van der Waals surface area (Å²) in [7, 11) is 0. The molecule has 120 valence electrons. The number of rotatable bonds is 6. The van der Waals surface area contributed by atoms with Crippen molar-refractivity contribution in [1.82, 2.24) is 0 Å². The predicted octanol–water partition coefficient (Wildman–Crippen LogP) is 4.26. The summed E-state index contributed by atoms with van der Waals surface area (Å²) in [6.45, 7) is 1.79. The molecule has 0 saturated carbocycles. The van der Waals surface area contributed by atoms with E-state index < -0.39 is 0 Å². The van der Waals surface area contributed by atoms with Crippen molar-refractivity contribution in [3.8, 4) is 0 Å². The van der Waals surface area contributed by atoms with E-state index in [-0.39, 0.29) is 11.8 Å². The zero-order chi connectivity index (χ0) is 16.7. The molecule has 23 heavy (non-hydrogen) atoms. The molecule has 2 aromatic carbocycles. The monoisotopic (exact) mass is 330 g/mol. The number of aryl methyl sites for hydroxylation is 1. The van der Waals surface area contributed by atoms with Gasteiger partial charge in [0.15, 0.2) is 0 Å². The molecule has 0 radical (unpaired) electrons. The third-order valence-electron chi connectivity index (χ3n) is 3.35. The molecule has 4 nitrogen and oxygen atoms in total. The van der Waals surface area contributed by atoms with Crippen LogP contribution in [0.5, 0.6) is 0 Å². The Labute approximate surface area is 140 Å². The summed E-state index contributed by atoms with van der Waals surface area (Å²) in [5.74, 6) is -0.114. The van der Waals surface area contributed by atoms with Crippen molar-refractivity contribution in [3.05, 3.63) is 59.1 Å². The highest BCUT2D eigenvalue weighted by Crippen LogP contribution is 2.18. The molecular weight excluding hydrogens is 312 g/mol. The van der Waals surface area contributed by atoms with Crippen molar-refractivity contribution < 1.29 is 9.59 Å². The first-order valence-electron chi connectivity index (χ1n) is 7.51. The minimum Gasteiger partial charge on any atom is -0.326 e. The van der Waals surface area contributed by atoms with E-state index in [1.165, 1.54) is 0 Å². The van der Waals surface area contributed by atoms with E-state index in [0.717, 1.165) is 5.56 Å². The van der Waals surface area contributed by atoms with Crippen LogP contribution >= 0.6 is 11.6 Å². The van der Waals surface area contributed by atoms with Crippen LogP contribution in [-0.2, 0) is 16.0 Å². The van der Waals surface area contributed by atoms with Gasteiger partial charge in [-0.3, -0.25) is 9.59 Å². The fourth-order valence-corrected chi connectivity index (χ4v) is 2.29. The average molecular weight is 331 g/mol. The molecule has 0 atom stereocenters. The zero-order valence-corrected chi connectivity index (χ0v) is 13.7. The second-order valence-corrected chi connectivity index (χ2v) is 5.53. The van der Waals surface area contributed by atoms with Gasteiger partial charge in [0.05, 0.1) is 0 Å². The molecule has 0 heterocycles. The van der Waals surface area contributed by atoms with E-state index in [0.29, 0.717) is 35.7 Å². The van der Waals surface area contributed by atoms with Crippen molar-refractivity contribution in [1.29, 1.82) is 0 Å². The Kier molecular flexibility index (Phi) is 6.18. The molecule has 0 aliphatic carbocycles. The Balaban J connectivity index is 1.85. The van der Waals surface area contributed by atoms with E-state index >= 15 is 0 Å². The summed E-state index contributed by atoms with van der Waals surface area (Å²) in [4.78, 5) is 23.3. The highest BCUT2D eigenvalue weighted by molar-refractivity contribution is 6.31. The first-order chi connectivity index (χ1) is 11.1. The van der Waals surface area contributed by atoms with Gasteiger partial charge >= 0.3 is 0 Å². The highest BCUT2D eigenvalue weighted by atomic mass is 35.5. The normalized spacial score (nSPS) is 10.2. The van der Waals surface area contributed by atoms with Gasteiger partial charge in [-0.15, -0.1) is 0 Å². The maximum Gasteiger partial charge on any atom is 0.224 e. The second-order valence-electron chi connectivity index (χ2n) is 5.12. The minimum absolute atomic E-state index is 0.0403. The Bertz CT molecular complexity index is 684. The van der Waals surface area contributed by atoms with E-state index in [4.69, 9.17) is 11.6 Å². The van der Waals surface area contributed by atoms with Crippen molar-refractivity contribution in [2.75, 3.05) is 10.6 Å². The van der Waals surface area contributed by atoms with Gasteiger partial charge in [-0.05, 0) is 42.3 Å². The fraction of sp³-hybridized carbons (Fsp3) is 0.222. The molecule has 2 aromatic rings. The molecule has 0 aromatic heterocycles. The standard InChI is InChI=1S/C18H19ClN2O2/c1-2-17(22)20-14-8-10-15(11-9-14)21-18(23)12-7-13-5-3-4-6-16(13)19/h3-6,8-11H,2,7,12H2,1H3,(H,20,22)(H,21,23). The van der Waals surface area contributed by atoms with E-state index in [2.05, 4.69) is 10.6 Å². The Morgan fingerprint density at radius 2 is 1.48 bits per heavy atom. The summed E-state index contributed by atoms with van der Waals surface area (Å²) >= 11 is 6.07. The lowest BCUT2D eigenvalue weighted by Gasteiger charge is -2.08. The van der Waals surface area contributed by atoms with Gasteiger partial charge in [0, 0.05) is 29.2 Å². The Morgan fingerprint density at radius 1 is 0.913 bits per heavy atom. The zero-order valence-electron chi connectivity index (χ0n) is 12.9. The van der Waals surface area contributed by atoms with Crippen LogP contribution in [0, 0.1) is 0 Å². The maximum absolute atomic E-state index is 12.0. The summed E-state index contributed by atoms with van der Waals surface area (Å²) in [6, 6.07) is 14.6. The van der Waals surface area contributed by atoms with Crippen LogP contribution in [-0.4, -0.2) is 11.8 Å². The lowest BCUT2D eigenvalue weighted by atomic mass is 10.1. The van der Waals surface area contributed by atoms with Crippen LogP contribution < -0.4 is 10.6 Å². The fourth-order valence-electron chi connectivity index (χ4n) is 2.06. The maximum atomic E-state index is 12.0. The lowest BCUT2D eigenvalue weighted by molar-refractivity contribution is -0.116. The molecule has 0 saturated heterocycles. The van der Waals surface area contributed by atoms with Crippen molar-refractivity contribution in [2.24, 2.45) is 0 Å². The van der Waals surface area contributed by atoms with Crippen LogP contribution in [0.3, 0.4) is 0 Å². The van der Waals surface area contributed by atoms with Gasteiger partial charge in [-0.2, -0.15) is 0 Å². The minimum atomic E-state index is -0.0738. The molecule has 0 aliphatic rings. The first kappa shape index (κ1) is 17.0. The number of benzene rings is 2. The molecule has 0 fully saturated rings. The SMILES string of the molecule is CCC(=O)Nc1ccc(NC(=O)CCc2ccccc2Cl)cc1. The van der Waals surface area contributed by atoms with E-state index in [1.807, 2.05) is 24.3 Å². The molecule has 0 aliphatic heterocycles. The van der Waals surface area contributed by atoms with E-state index in [9.17, 15) is 9.59 Å². The Hall–Kier alpha value is -2.33. The van der Waals surface area contributed by atoms with Crippen LogP contribution in [0.4, 0.5) is 11.4 Å². The van der Waals surface area contributed by atoms with Crippen molar-refractivity contribution in [2.45, 2.75) is 26.2 Å². The third-order valence-corrected chi connectivity index (χ3v) is 3.72. The van der Waals surface area contributed by atoms with Crippen LogP contribution in [0.25, 0.3) is 0 Å². The van der Waals surface area contributed by atoms with Gasteiger partial charge in [0.2, 0.25) is 11.8 Å². The number of hydrogen-bond donors (Lipinski definition) is 2. The first-order valence-corrected chi connectivity index (χ1v) is 7.89. The number of hydrogen-bond acceptors (Lipinski definition) is 2. The summed E-state index contributed by atoms with van der Waals surface area (Å²) in [5.41, 5.74) is 2.37. The number of nitrogens with one attached hydrogen (secondary N) is 2. The van der Waals surface area contributed by atoms with Crippen LogP contribution in [0.15, 0.2) is 48.5 Å². The molecule has 2 rings (SSSR count). The third kappa shape index (κ3) is 5.42. The van der Waals surface area contributed by atoms with E-state index in [1.54, 1.807) is 31.2 Å².